The summed E-state index contributed by atoms with van der Waals surface area (Å²) in [5.41, 5.74) is 1.70. The van der Waals surface area contributed by atoms with Gasteiger partial charge in [-0.15, -0.1) is 5.10 Å². The van der Waals surface area contributed by atoms with Crippen LogP contribution in [-0.4, -0.2) is 56.0 Å². The van der Waals surface area contributed by atoms with Gasteiger partial charge in [-0.3, -0.25) is 4.90 Å². The second kappa shape index (κ2) is 8.81. The SMILES string of the molecule is CCOC(=O)c1cc(-c2ccn(-c3ccc(N4C[C@H](Cn5ccnn5)OC4=O)cc3F)c2)no1. The molecule has 1 saturated heterocycles. The van der Waals surface area contributed by atoms with Crippen LogP contribution >= 0.6 is 0 Å². The highest BCUT2D eigenvalue weighted by atomic mass is 19.1. The fourth-order valence-electron chi connectivity index (χ4n) is 3.65. The molecular weight excluding hydrogens is 447 g/mol. The molecule has 0 aliphatic carbocycles. The van der Waals surface area contributed by atoms with Gasteiger partial charge in [0.1, 0.15) is 17.6 Å². The third kappa shape index (κ3) is 4.12. The number of hydrogen-bond acceptors (Lipinski definition) is 8. The quantitative estimate of drug-likeness (QED) is 0.382. The first-order valence-corrected chi connectivity index (χ1v) is 10.5. The van der Waals surface area contributed by atoms with Crippen molar-refractivity contribution in [1.29, 1.82) is 0 Å². The van der Waals surface area contributed by atoms with Gasteiger partial charge in [0, 0.05) is 30.2 Å². The molecule has 34 heavy (non-hydrogen) atoms. The summed E-state index contributed by atoms with van der Waals surface area (Å²) in [7, 11) is 0. The molecule has 4 aromatic rings. The van der Waals surface area contributed by atoms with Crippen molar-refractivity contribution < 1.29 is 28.0 Å². The van der Waals surface area contributed by atoms with Gasteiger partial charge in [-0.2, -0.15) is 0 Å². The lowest BCUT2D eigenvalue weighted by Crippen LogP contribution is -2.26. The molecule has 0 radical (unpaired) electrons. The predicted octanol–water partition coefficient (Wildman–Crippen LogP) is 3.07. The number of benzene rings is 1. The summed E-state index contributed by atoms with van der Waals surface area (Å²) < 4.78 is 33.4. The average molecular weight is 466 g/mol. The molecule has 11 nitrogen and oxygen atoms in total. The Morgan fingerprint density at radius 2 is 2.15 bits per heavy atom. The number of ether oxygens (including phenoxy) is 2. The first kappa shape index (κ1) is 21.4. The Morgan fingerprint density at radius 3 is 2.91 bits per heavy atom. The normalized spacial score (nSPS) is 15.5. The largest absolute Gasteiger partial charge is 0.460 e. The van der Waals surface area contributed by atoms with E-state index in [9.17, 15) is 9.59 Å². The molecular formula is C22H19FN6O5. The summed E-state index contributed by atoms with van der Waals surface area (Å²) >= 11 is 0. The molecule has 1 atom stereocenters. The van der Waals surface area contributed by atoms with Gasteiger partial charge in [0.05, 0.1) is 37.3 Å². The van der Waals surface area contributed by atoms with Crippen molar-refractivity contribution in [3.63, 3.8) is 0 Å². The Balaban J connectivity index is 1.31. The van der Waals surface area contributed by atoms with Crippen LogP contribution in [0.5, 0.6) is 0 Å². The number of carbonyl (C=O) groups excluding carboxylic acids is 2. The van der Waals surface area contributed by atoms with E-state index in [-0.39, 0.29) is 24.6 Å². The zero-order valence-electron chi connectivity index (χ0n) is 18.0. The molecule has 1 fully saturated rings. The summed E-state index contributed by atoms with van der Waals surface area (Å²) in [6, 6.07) is 7.67. The van der Waals surface area contributed by atoms with Crippen molar-refractivity contribution in [3.8, 4) is 16.9 Å². The van der Waals surface area contributed by atoms with Crippen molar-refractivity contribution >= 4 is 17.7 Å². The predicted molar refractivity (Wildman–Crippen MR) is 115 cm³/mol. The standard InChI is InChI=1S/C22H19FN6O5/c1-2-32-21(30)20-10-18(25-34-20)14-5-7-27(11-14)19-4-3-15(9-17(19)23)29-13-16(33-22(29)31)12-28-8-6-24-26-28/h3-11,16H,2,12-13H2,1H3/t16-/m0/s1. The lowest BCUT2D eigenvalue weighted by Gasteiger charge is -2.14. The molecule has 0 unspecified atom stereocenters. The van der Waals surface area contributed by atoms with Gasteiger partial charge in [-0.05, 0) is 31.2 Å². The number of halogens is 1. The molecule has 0 spiro atoms. The average Bonchev–Trinajstić information content (AvgIpc) is 3.61. The smallest absolute Gasteiger partial charge is 0.414 e. The number of aromatic nitrogens is 5. The Labute approximate surface area is 192 Å². The number of hydrogen-bond donors (Lipinski definition) is 0. The van der Waals surface area contributed by atoms with Gasteiger partial charge < -0.3 is 18.6 Å². The van der Waals surface area contributed by atoms with Crippen molar-refractivity contribution in [3.05, 3.63) is 66.7 Å². The number of rotatable bonds is 7. The van der Waals surface area contributed by atoms with Crippen molar-refractivity contribution in [1.82, 2.24) is 24.7 Å². The van der Waals surface area contributed by atoms with Crippen LogP contribution in [0.1, 0.15) is 17.5 Å². The molecule has 174 valence electrons. The molecule has 1 aromatic carbocycles. The van der Waals surface area contributed by atoms with Crippen LogP contribution in [0.25, 0.3) is 16.9 Å². The summed E-state index contributed by atoms with van der Waals surface area (Å²) in [4.78, 5) is 25.5. The number of amides is 1. The Morgan fingerprint density at radius 1 is 1.26 bits per heavy atom. The van der Waals surface area contributed by atoms with Crippen LogP contribution in [0.3, 0.4) is 0 Å². The second-order valence-electron chi connectivity index (χ2n) is 7.48. The van der Waals surface area contributed by atoms with E-state index in [0.29, 0.717) is 23.5 Å². The summed E-state index contributed by atoms with van der Waals surface area (Å²) in [5.74, 6) is -1.15. The van der Waals surface area contributed by atoms with Crippen LogP contribution in [0.2, 0.25) is 0 Å². The third-order valence-corrected chi connectivity index (χ3v) is 5.23. The maximum absolute atomic E-state index is 15.0. The minimum absolute atomic E-state index is 0.0141. The van der Waals surface area contributed by atoms with Crippen molar-refractivity contribution in [2.75, 3.05) is 18.1 Å². The molecule has 1 amide bonds. The van der Waals surface area contributed by atoms with E-state index in [1.54, 1.807) is 53.0 Å². The van der Waals surface area contributed by atoms with Crippen LogP contribution in [-0.2, 0) is 16.0 Å². The monoisotopic (exact) mass is 466 g/mol. The molecule has 4 heterocycles. The molecule has 0 bridgehead atoms. The Bertz CT molecular complexity index is 1330. The number of carbonyl (C=O) groups is 2. The number of cyclic esters (lactones) is 1. The Hall–Kier alpha value is -4.48. The van der Waals surface area contributed by atoms with E-state index >= 15 is 4.39 Å². The third-order valence-electron chi connectivity index (χ3n) is 5.23. The number of esters is 1. The Kier molecular flexibility index (Phi) is 5.54. The van der Waals surface area contributed by atoms with Gasteiger partial charge in [0.15, 0.2) is 0 Å². The van der Waals surface area contributed by atoms with E-state index in [0.717, 1.165) is 0 Å². The van der Waals surface area contributed by atoms with Gasteiger partial charge >= 0.3 is 12.1 Å². The summed E-state index contributed by atoms with van der Waals surface area (Å²) in [6.45, 7) is 2.53. The summed E-state index contributed by atoms with van der Waals surface area (Å²) in [5, 5.41) is 11.5. The number of anilines is 1. The van der Waals surface area contributed by atoms with E-state index in [2.05, 4.69) is 15.5 Å². The van der Waals surface area contributed by atoms with Crippen LogP contribution in [0.15, 0.2) is 59.6 Å². The maximum Gasteiger partial charge on any atom is 0.414 e. The summed E-state index contributed by atoms with van der Waals surface area (Å²) in [6.07, 6.45) is 5.55. The molecule has 1 aliphatic rings. The van der Waals surface area contributed by atoms with Gasteiger partial charge in [0.2, 0.25) is 5.76 Å². The lowest BCUT2D eigenvalue weighted by molar-refractivity contribution is 0.0479. The van der Waals surface area contributed by atoms with E-state index in [1.807, 2.05) is 0 Å². The van der Waals surface area contributed by atoms with Gasteiger partial charge in [-0.25, -0.2) is 18.7 Å². The molecule has 12 heteroatoms. The minimum Gasteiger partial charge on any atom is -0.460 e. The van der Waals surface area contributed by atoms with E-state index in [4.69, 9.17) is 14.0 Å². The molecule has 5 rings (SSSR count). The van der Waals surface area contributed by atoms with Crippen LogP contribution in [0, 0.1) is 5.82 Å². The zero-order chi connectivity index (χ0) is 23.7. The van der Waals surface area contributed by atoms with E-state index < -0.39 is 24.0 Å². The lowest BCUT2D eigenvalue weighted by atomic mass is 10.2. The fourth-order valence-corrected chi connectivity index (χ4v) is 3.65. The first-order valence-electron chi connectivity index (χ1n) is 10.5. The highest BCUT2D eigenvalue weighted by molar-refractivity contribution is 5.90. The second-order valence-corrected chi connectivity index (χ2v) is 7.48. The van der Waals surface area contributed by atoms with Crippen LogP contribution < -0.4 is 4.90 Å². The van der Waals surface area contributed by atoms with Crippen LogP contribution in [0.4, 0.5) is 14.9 Å². The highest BCUT2D eigenvalue weighted by Crippen LogP contribution is 2.28. The molecule has 0 saturated carbocycles. The fraction of sp³-hybridized carbons (Fsp3) is 0.227. The highest BCUT2D eigenvalue weighted by Gasteiger charge is 2.33. The minimum atomic E-state index is -0.605. The first-order chi connectivity index (χ1) is 16.5. The molecule has 0 N–H and O–H groups in total. The van der Waals surface area contributed by atoms with Crippen molar-refractivity contribution in [2.24, 2.45) is 0 Å². The molecule has 1 aliphatic heterocycles. The zero-order valence-corrected chi connectivity index (χ0v) is 18.0. The topological polar surface area (TPSA) is 118 Å². The number of nitrogens with zero attached hydrogens (tertiary/aromatic N) is 6. The maximum atomic E-state index is 15.0. The van der Waals surface area contributed by atoms with Crippen molar-refractivity contribution in [2.45, 2.75) is 19.6 Å². The molecule has 3 aromatic heterocycles. The van der Waals surface area contributed by atoms with E-state index in [1.165, 1.54) is 23.2 Å². The van der Waals surface area contributed by atoms with Gasteiger partial charge in [-0.1, -0.05) is 10.4 Å². The van der Waals surface area contributed by atoms with Gasteiger partial charge in [0.25, 0.3) is 0 Å².